The molecular formula is C27H38N4O3. The average Bonchev–Trinajstić information content (AvgIpc) is 2.77. The molecule has 1 fully saturated rings. The Balaban J connectivity index is 1.14. The number of carbonyl (C=O) groups is 1. The molecule has 2 aromatic heterocycles. The van der Waals surface area contributed by atoms with Crippen molar-refractivity contribution >= 4 is 11.8 Å². The summed E-state index contributed by atoms with van der Waals surface area (Å²) in [5.41, 5.74) is 6.65. The Morgan fingerprint density at radius 3 is 2.85 bits per heavy atom. The van der Waals surface area contributed by atoms with Crippen molar-refractivity contribution in [1.82, 2.24) is 15.3 Å². The molecule has 0 saturated heterocycles. The summed E-state index contributed by atoms with van der Waals surface area (Å²) < 4.78 is 5.99. The van der Waals surface area contributed by atoms with Gasteiger partial charge in [0.15, 0.2) is 0 Å². The topological polar surface area (TPSA) is 96.4 Å². The van der Waals surface area contributed by atoms with Crippen LogP contribution in [0.4, 0.5) is 5.82 Å². The number of carboxylic acid groups (broad SMARTS) is 1. The predicted octanol–water partition coefficient (Wildman–Crippen LogP) is 4.12. The first-order valence-corrected chi connectivity index (χ1v) is 12.6. The number of hydrogen-bond acceptors (Lipinski definition) is 6. The summed E-state index contributed by atoms with van der Waals surface area (Å²) in [6.07, 6.45) is 7.27. The molecule has 0 aromatic carbocycles. The maximum atomic E-state index is 11.7. The Morgan fingerprint density at radius 2 is 2.09 bits per heavy atom. The lowest BCUT2D eigenvalue weighted by atomic mass is 9.79. The molecule has 1 aliphatic carbocycles. The van der Waals surface area contributed by atoms with Crippen LogP contribution in [0.1, 0.15) is 65.9 Å². The summed E-state index contributed by atoms with van der Waals surface area (Å²) in [6.45, 7) is 7.97. The van der Waals surface area contributed by atoms with E-state index in [1.54, 1.807) is 0 Å². The van der Waals surface area contributed by atoms with Crippen LogP contribution in [0.3, 0.4) is 0 Å². The fourth-order valence-corrected chi connectivity index (χ4v) is 5.11. The van der Waals surface area contributed by atoms with Gasteiger partial charge in [0.25, 0.3) is 0 Å². The molecule has 0 unspecified atom stereocenters. The summed E-state index contributed by atoms with van der Waals surface area (Å²) in [6, 6.07) is 5.81. The largest absolute Gasteiger partial charge is 0.480 e. The van der Waals surface area contributed by atoms with Crippen LogP contribution in [-0.2, 0) is 28.9 Å². The molecule has 7 nitrogen and oxygen atoms in total. The van der Waals surface area contributed by atoms with Crippen molar-refractivity contribution in [3.63, 3.8) is 0 Å². The number of nitrogens with one attached hydrogen (secondary N) is 2. The number of aromatic nitrogens is 2. The Labute approximate surface area is 202 Å². The molecule has 1 atom stereocenters. The van der Waals surface area contributed by atoms with Crippen LogP contribution in [0, 0.1) is 26.7 Å². The number of ether oxygens (including phenoxy) is 1. The van der Waals surface area contributed by atoms with Crippen molar-refractivity contribution in [1.29, 1.82) is 0 Å². The van der Waals surface area contributed by atoms with Crippen molar-refractivity contribution in [2.75, 3.05) is 18.5 Å². The quantitative estimate of drug-likeness (QED) is 0.458. The van der Waals surface area contributed by atoms with Gasteiger partial charge in [0.05, 0.1) is 6.10 Å². The van der Waals surface area contributed by atoms with Gasteiger partial charge in [-0.15, -0.1) is 0 Å². The van der Waals surface area contributed by atoms with Gasteiger partial charge in [0, 0.05) is 36.8 Å². The zero-order chi connectivity index (χ0) is 24.1. The zero-order valence-corrected chi connectivity index (χ0v) is 20.7. The number of hydrogen-bond donors (Lipinski definition) is 3. The Bertz CT molecular complexity index is 980. The number of aliphatic carboxylic acids is 1. The molecule has 34 heavy (non-hydrogen) atoms. The lowest BCUT2D eigenvalue weighted by molar-refractivity contribution is -0.140. The first kappa shape index (κ1) is 24.6. The highest BCUT2D eigenvalue weighted by atomic mass is 16.5. The minimum atomic E-state index is -0.836. The van der Waals surface area contributed by atoms with Gasteiger partial charge in [-0.05, 0) is 100 Å². The summed E-state index contributed by atoms with van der Waals surface area (Å²) in [7, 11) is 0. The van der Waals surface area contributed by atoms with E-state index in [2.05, 4.69) is 27.8 Å². The number of fused-ring (bicyclic) bond motifs is 1. The molecule has 3 heterocycles. The minimum Gasteiger partial charge on any atom is -0.480 e. The van der Waals surface area contributed by atoms with Gasteiger partial charge in [-0.2, -0.15) is 0 Å². The van der Waals surface area contributed by atoms with E-state index >= 15 is 0 Å². The molecule has 0 radical (unpaired) electrons. The highest BCUT2D eigenvalue weighted by molar-refractivity contribution is 5.73. The average molecular weight is 467 g/mol. The molecule has 0 amide bonds. The second-order valence-electron chi connectivity index (χ2n) is 9.91. The van der Waals surface area contributed by atoms with E-state index in [4.69, 9.17) is 9.72 Å². The molecule has 2 aromatic rings. The van der Waals surface area contributed by atoms with Crippen LogP contribution in [0.5, 0.6) is 0 Å². The molecule has 1 aliphatic heterocycles. The third kappa shape index (κ3) is 6.33. The van der Waals surface area contributed by atoms with E-state index < -0.39 is 12.0 Å². The fourth-order valence-electron chi connectivity index (χ4n) is 5.11. The van der Waals surface area contributed by atoms with E-state index in [-0.39, 0.29) is 6.10 Å². The third-order valence-corrected chi connectivity index (χ3v) is 7.22. The van der Waals surface area contributed by atoms with Crippen LogP contribution in [0.25, 0.3) is 0 Å². The number of rotatable bonds is 11. The van der Waals surface area contributed by atoms with Gasteiger partial charge in [-0.25, -0.2) is 4.98 Å². The third-order valence-electron chi connectivity index (χ3n) is 7.22. The van der Waals surface area contributed by atoms with E-state index in [0.29, 0.717) is 25.5 Å². The molecule has 3 N–H and O–H groups in total. The van der Waals surface area contributed by atoms with Crippen LogP contribution in [0.2, 0.25) is 0 Å². The molecule has 4 rings (SSSR count). The minimum absolute atomic E-state index is 0.253. The summed E-state index contributed by atoms with van der Waals surface area (Å²) >= 11 is 0. The van der Waals surface area contributed by atoms with Gasteiger partial charge in [0.1, 0.15) is 11.9 Å². The van der Waals surface area contributed by atoms with E-state index in [1.165, 1.54) is 17.7 Å². The smallest absolute Gasteiger partial charge is 0.320 e. The normalized spacial score (nSPS) is 20.2. The zero-order valence-electron chi connectivity index (χ0n) is 20.7. The first-order chi connectivity index (χ1) is 16.4. The van der Waals surface area contributed by atoms with Gasteiger partial charge in [-0.3, -0.25) is 9.78 Å². The Hall–Kier alpha value is -2.51. The van der Waals surface area contributed by atoms with E-state index in [9.17, 15) is 9.90 Å². The molecule has 0 bridgehead atoms. The van der Waals surface area contributed by atoms with Crippen molar-refractivity contribution in [3.05, 3.63) is 52.0 Å². The number of aryl methyl sites for hydroxylation is 5. The number of carboxylic acids is 1. The molecule has 1 saturated carbocycles. The van der Waals surface area contributed by atoms with Crippen LogP contribution in [-0.4, -0.2) is 46.3 Å². The summed E-state index contributed by atoms with van der Waals surface area (Å²) in [5, 5.41) is 16.2. The van der Waals surface area contributed by atoms with Crippen molar-refractivity contribution < 1.29 is 14.6 Å². The van der Waals surface area contributed by atoms with E-state index in [0.717, 1.165) is 67.0 Å². The van der Waals surface area contributed by atoms with Gasteiger partial charge < -0.3 is 20.5 Å². The molecule has 0 spiro atoms. The van der Waals surface area contributed by atoms with Crippen molar-refractivity contribution in [3.8, 4) is 0 Å². The van der Waals surface area contributed by atoms with Crippen LogP contribution < -0.4 is 10.6 Å². The Morgan fingerprint density at radius 1 is 1.26 bits per heavy atom. The SMILES string of the molecule is Cc1cc(C)c(CN[C@@H](CCOC2CC(CCc3ccc4c(n3)NCCC4)C2)C(=O)O)c(C)n1. The van der Waals surface area contributed by atoms with Gasteiger partial charge in [-0.1, -0.05) is 6.07 Å². The lowest BCUT2D eigenvalue weighted by Gasteiger charge is -2.35. The fraction of sp³-hybridized carbons (Fsp3) is 0.593. The summed E-state index contributed by atoms with van der Waals surface area (Å²) in [4.78, 5) is 21.0. The number of pyridine rings is 2. The molecule has 184 valence electrons. The molecular weight excluding hydrogens is 428 g/mol. The lowest BCUT2D eigenvalue weighted by Crippen LogP contribution is -2.39. The number of nitrogens with zero attached hydrogens (tertiary/aromatic N) is 2. The monoisotopic (exact) mass is 466 g/mol. The first-order valence-electron chi connectivity index (χ1n) is 12.6. The van der Waals surface area contributed by atoms with Crippen molar-refractivity contribution in [2.45, 2.75) is 84.4 Å². The molecule has 2 aliphatic rings. The van der Waals surface area contributed by atoms with Crippen molar-refractivity contribution in [2.24, 2.45) is 5.92 Å². The van der Waals surface area contributed by atoms with Crippen LogP contribution in [0.15, 0.2) is 18.2 Å². The summed E-state index contributed by atoms with van der Waals surface area (Å²) in [5.74, 6) is 0.908. The maximum Gasteiger partial charge on any atom is 0.320 e. The number of anilines is 1. The predicted molar refractivity (Wildman–Crippen MR) is 133 cm³/mol. The second-order valence-corrected chi connectivity index (χ2v) is 9.91. The Kier molecular flexibility index (Phi) is 8.16. The highest BCUT2D eigenvalue weighted by Gasteiger charge is 2.30. The van der Waals surface area contributed by atoms with Crippen LogP contribution >= 0.6 is 0 Å². The van der Waals surface area contributed by atoms with Gasteiger partial charge in [0.2, 0.25) is 0 Å². The van der Waals surface area contributed by atoms with E-state index in [1.807, 2.05) is 26.8 Å². The second kappa shape index (κ2) is 11.3. The van der Waals surface area contributed by atoms with Gasteiger partial charge >= 0.3 is 5.97 Å². The maximum absolute atomic E-state index is 11.7. The highest BCUT2D eigenvalue weighted by Crippen LogP contribution is 2.34. The molecule has 7 heteroatoms. The standard InChI is InChI=1S/C27H38N4O3/c1-17-13-18(2)30-19(3)24(17)16-29-25(27(32)33)10-12-34-23-14-20(15-23)6-8-22-9-7-21-5-4-11-28-26(21)31-22/h7,9,13,20,23,25,29H,4-6,8,10-12,14-16H2,1-3H3,(H,28,31)(H,32,33)/t20?,23?,25-/m0/s1.